The van der Waals surface area contributed by atoms with Crippen molar-refractivity contribution in [1.82, 2.24) is 5.32 Å². The Kier molecular flexibility index (Phi) is 7.51. The number of carbonyl (C=O) groups excluding carboxylic acids is 1. The zero-order chi connectivity index (χ0) is 11.3. The molecule has 0 saturated heterocycles. The standard InChI is InChI=1S/C11H22N2O2.ClH/c1-8(2)15-11(14)13-7-9-3-5-10(12)6-4-9;/h8-10H,3-7,12H2,1-2H3,(H,13,14);1H. The van der Waals surface area contributed by atoms with Crippen LogP contribution in [0.5, 0.6) is 0 Å². The molecular formula is C11H23ClN2O2. The summed E-state index contributed by atoms with van der Waals surface area (Å²) < 4.78 is 4.99. The quantitative estimate of drug-likeness (QED) is 0.806. The van der Waals surface area contributed by atoms with Gasteiger partial charge in [0, 0.05) is 12.6 Å². The molecule has 0 aromatic heterocycles. The van der Waals surface area contributed by atoms with Gasteiger partial charge in [-0.2, -0.15) is 0 Å². The van der Waals surface area contributed by atoms with Gasteiger partial charge in [-0.3, -0.25) is 0 Å². The average molecular weight is 251 g/mol. The third kappa shape index (κ3) is 6.18. The van der Waals surface area contributed by atoms with Gasteiger partial charge in [-0.1, -0.05) is 0 Å². The fourth-order valence-corrected chi connectivity index (χ4v) is 1.88. The van der Waals surface area contributed by atoms with E-state index < -0.39 is 0 Å². The zero-order valence-electron chi connectivity index (χ0n) is 10.1. The van der Waals surface area contributed by atoms with Crippen molar-refractivity contribution in [2.75, 3.05) is 6.54 Å². The van der Waals surface area contributed by atoms with E-state index in [1.165, 1.54) is 0 Å². The number of hydrogen-bond acceptors (Lipinski definition) is 3. The molecule has 0 spiro atoms. The molecule has 96 valence electrons. The van der Waals surface area contributed by atoms with Gasteiger partial charge in [0.1, 0.15) is 0 Å². The third-order valence-corrected chi connectivity index (χ3v) is 2.77. The fourth-order valence-electron chi connectivity index (χ4n) is 1.88. The number of carbonyl (C=O) groups is 1. The topological polar surface area (TPSA) is 64.3 Å². The van der Waals surface area contributed by atoms with Gasteiger partial charge in [-0.05, 0) is 45.4 Å². The molecule has 16 heavy (non-hydrogen) atoms. The Balaban J connectivity index is 0.00000225. The second kappa shape index (κ2) is 7.74. The summed E-state index contributed by atoms with van der Waals surface area (Å²) in [5.41, 5.74) is 5.81. The lowest BCUT2D eigenvalue weighted by Crippen LogP contribution is -2.35. The minimum Gasteiger partial charge on any atom is -0.447 e. The van der Waals surface area contributed by atoms with Gasteiger partial charge in [0.05, 0.1) is 6.10 Å². The molecule has 1 aliphatic rings. The molecule has 0 aromatic rings. The Labute approximate surface area is 104 Å². The highest BCUT2D eigenvalue weighted by Gasteiger charge is 2.19. The Hall–Kier alpha value is -0.480. The van der Waals surface area contributed by atoms with Gasteiger partial charge < -0.3 is 15.8 Å². The fraction of sp³-hybridized carbons (Fsp3) is 0.909. The summed E-state index contributed by atoms with van der Waals surface area (Å²) in [5, 5.41) is 2.80. The Morgan fingerprint density at radius 3 is 2.44 bits per heavy atom. The summed E-state index contributed by atoms with van der Waals surface area (Å²) >= 11 is 0. The maximum absolute atomic E-state index is 11.2. The van der Waals surface area contributed by atoms with Crippen molar-refractivity contribution >= 4 is 18.5 Å². The van der Waals surface area contributed by atoms with E-state index in [2.05, 4.69) is 5.32 Å². The highest BCUT2D eigenvalue weighted by Crippen LogP contribution is 2.22. The van der Waals surface area contributed by atoms with Gasteiger partial charge in [0.25, 0.3) is 0 Å². The molecule has 5 heteroatoms. The molecule has 0 heterocycles. The summed E-state index contributed by atoms with van der Waals surface area (Å²) in [6, 6.07) is 0.365. The molecule has 0 radical (unpaired) electrons. The molecule has 0 bridgehead atoms. The molecule has 1 fully saturated rings. The normalized spacial score (nSPS) is 24.8. The molecular weight excluding hydrogens is 228 g/mol. The molecule has 1 aliphatic carbocycles. The van der Waals surface area contributed by atoms with Crippen LogP contribution in [0.3, 0.4) is 0 Å². The van der Waals surface area contributed by atoms with Crippen molar-refractivity contribution in [2.24, 2.45) is 11.7 Å². The van der Waals surface area contributed by atoms with Crippen LogP contribution in [0.15, 0.2) is 0 Å². The summed E-state index contributed by atoms with van der Waals surface area (Å²) in [4.78, 5) is 11.2. The minimum absolute atomic E-state index is 0. The Morgan fingerprint density at radius 2 is 1.94 bits per heavy atom. The predicted molar refractivity (Wildman–Crippen MR) is 66.8 cm³/mol. The molecule has 0 aromatic carbocycles. The van der Waals surface area contributed by atoms with E-state index in [4.69, 9.17) is 10.5 Å². The van der Waals surface area contributed by atoms with Crippen LogP contribution < -0.4 is 11.1 Å². The van der Waals surface area contributed by atoms with E-state index in [1.54, 1.807) is 0 Å². The number of nitrogens with two attached hydrogens (primary N) is 1. The van der Waals surface area contributed by atoms with Crippen LogP contribution in [-0.2, 0) is 4.74 Å². The van der Waals surface area contributed by atoms with Crippen molar-refractivity contribution in [2.45, 2.75) is 51.7 Å². The predicted octanol–water partition coefficient (Wildman–Crippen LogP) is 2.06. The number of ether oxygens (including phenoxy) is 1. The van der Waals surface area contributed by atoms with Crippen LogP contribution in [0.2, 0.25) is 0 Å². The molecule has 0 aliphatic heterocycles. The van der Waals surface area contributed by atoms with Crippen LogP contribution in [0.4, 0.5) is 4.79 Å². The summed E-state index contributed by atoms with van der Waals surface area (Å²) in [7, 11) is 0. The summed E-state index contributed by atoms with van der Waals surface area (Å²) in [6.07, 6.45) is 4.02. The maximum atomic E-state index is 11.2. The van der Waals surface area contributed by atoms with E-state index in [-0.39, 0.29) is 24.6 Å². The van der Waals surface area contributed by atoms with Gasteiger partial charge in [0.15, 0.2) is 0 Å². The van der Waals surface area contributed by atoms with Crippen molar-refractivity contribution in [1.29, 1.82) is 0 Å². The van der Waals surface area contributed by atoms with Crippen molar-refractivity contribution in [3.8, 4) is 0 Å². The number of rotatable bonds is 3. The third-order valence-electron chi connectivity index (χ3n) is 2.77. The van der Waals surface area contributed by atoms with Gasteiger partial charge in [0.2, 0.25) is 0 Å². The van der Waals surface area contributed by atoms with Gasteiger partial charge in [-0.15, -0.1) is 12.4 Å². The van der Waals surface area contributed by atoms with Crippen LogP contribution in [0.25, 0.3) is 0 Å². The first-order valence-electron chi connectivity index (χ1n) is 5.78. The Morgan fingerprint density at radius 1 is 1.38 bits per heavy atom. The number of hydrogen-bond donors (Lipinski definition) is 2. The number of nitrogens with one attached hydrogen (secondary N) is 1. The molecule has 1 saturated carbocycles. The van der Waals surface area contributed by atoms with E-state index in [0.29, 0.717) is 12.0 Å². The monoisotopic (exact) mass is 250 g/mol. The lowest BCUT2D eigenvalue weighted by molar-refractivity contribution is 0.113. The number of halogens is 1. The van der Waals surface area contributed by atoms with E-state index in [0.717, 1.165) is 32.2 Å². The highest BCUT2D eigenvalue weighted by atomic mass is 35.5. The average Bonchev–Trinajstić information content (AvgIpc) is 2.16. The van der Waals surface area contributed by atoms with E-state index in [1.807, 2.05) is 13.8 Å². The molecule has 4 nitrogen and oxygen atoms in total. The minimum atomic E-state index is -0.306. The lowest BCUT2D eigenvalue weighted by Gasteiger charge is -2.26. The molecule has 1 amide bonds. The Bertz CT molecular complexity index is 204. The van der Waals surface area contributed by atoms with E-state index in [9.17, 15) is 4.79 Å². The van der Waals surface area contributed by atoms with Gasteiger partial charge in [-0.25, -0.2) is 4.79 Å². The smallest absolute Gasteiger partial charge is 0.407 e. The maximum Gasteiger partial charge on any atom is 0.407 e. The van der Waals surface area contributed by atoms with Crippen molar-refractivity contribution in [3.05, 3.63) is 0 Å². The highest BCUT2D eigenvalue weighted by molar-refractivity contribution is 5.85. The van der Waals surface area contributed by atoms with Crippen LogP contribution in [0.1, 0.15) is 39.5 Å². The number of alkyl carbamates (subject to hydrolysis) is 1. The molecule has 3 N–H and O–H groups in total. The van der Waals surface area contributed by atoms with Crippen LogP contribution in [0, 0.1) is 5.92 Å². The second-order valence-corrected chi connectivity index (χ2v) is 4.62. The molecule has 0 atom stereocenters. The van der Waals surface area contributed by atoms with Crippen molar-refractivity contribution < 1.29 is 9.53 Å². The molecule has 0 unspecified atom stereocenters. The largest absolute Gasteiger partial charge is 0.447 e. The number of amides is 1. The zero-order valence-corrected chi connectivity index (χ0v) is 10.9. The first-order valence-corrected chi connectivity index (χ1v) is 5.78. The van der Waals surface area contributed by atoms with Crippen molar-refractivity contribution in [3.63, 3.8) is 0 Å². The summed E-state index contributed by atoms with van der Waals surface area (Å²) in [6.45, 7) is 4.41. The first-order chi connectivity index (χ1) is 7.08. The van der Waals surface area contributed by atoms with Crippen LogP contribution in [-0.4, -0.2) is 24.8 Å². The first kappa shape index (κ1) is 15.5. The lowest BCUT2D eigenvalue weighted by atomic mass is 9.86. The van der Waals surface area contributed by atoms with Crippen LogP contribution >= 0.6 is 12.4 Å². The second-order valence-electron chi connectivity index (χ2n) is 4.62. The summed E-state index contributed by atoms with van der Waals surface area (Å²) in [5.74, 6) is 0.574. The van der Waals surface area contributed by atoms with Gasteiger partial charge >= 0.3 is 6.09 Å². The SMILES string of the molecule is CC(C)OC(=O)NCC1CCC(N)CC1.Cl. The van der Waals surface area contributed by atoms with E-state index >= 15 is 0 Å². The molecule has 1 rings (SSSR count).